The minimum atomic E-state index is -0.501. The van der Waals surface area contributed by atoms with Gasteiger partial charge >= 0.3 is 0 Å². The highest BCUT2D eigenvalue weighted by Gasteiger charge is 2.13. The second-order valence-corrected chi connectivity index (χ2v) is 4.95. The lowest BCUT2D eigenvalue weighted by atomic mass is 10.1. The largest absolute Gasteiger partial charge is 0.366 e. The summed E-state index contributed by atoms with van der Waals surface area (Å²) in [5, 5.41) is 9.30. The van der Waals surface area contributed by atoms with E-state index in [1.807, 2.05) is 13.8 Å². The average Bonchev–Trinajstić information content (AvgIpc) is 2.95. The zero-order valence-electron chi connectivity index (χ0n) is 11.9. The highest BCUT2D eigenvalue weighted by Crippen LogP contribution is 2.08. The van der Waals surface area contributed by atoms with Gasteiger partial charge in [-0.3, -0.25) is 14.7 Å². The normalized spacial score (nSPS) is 10.6. The Morgan fingerprint density at radius 1 is 1.38 bits per heavy atom. The zero-order valence-corrected chi connectivity index (χ0v) is 11.9. The number of hydrogen-bond donors (Lipinski definition) is 3. The van der Waals surface area contributed by atoms with Crippen LogP contribution in [0.15, 0.2) is 24.3 Å². The number of carbonyl (C=O) groups is 2. The maximum absolute atomic E-state index is 11.9. The topological polar surface area (TPSA) is 114 Å². The van der Waals surface area contributed by atoms with Crippen LogP contribution < -0.4 is 11.1 Å². The molecular weight excluding hydrogens is 270 g/mol. The van der Waals surface area contributed by atoms with Crippen LogP contribution in [0.3, 0.4) is 0 Å². The van der Waals surface area contributed by atoms with E-state index in [-0.39, 0.29) is 24.2 Å². The predicted molar refractivity (Wildman–Crippen MR) is 76.6 cm³/mol. The molecule has 0 bridgehead atoms. The smallest absolute Gasteiger partial charge is 0.291 e. The molecule has 1 aromatic heterocycles. The number of rotatable bonds is 5. The molecule has 0 aliphatic rings. The van der Waals surface area contributed by atoms with E-state index in [9.17, 15) is 9.59 Å². The van der Waals surface area contributed by atoms with Gasteiger partial charge in [-0.2, -0.15) is 0 Å². The van der Waals surface area contributed by atoms with Gasteiger partial charge in [0.15, 0.2) is 0 Å². The van der Waals surface area contributed by atoms with E-state index in [0.717, 1.165) is 5.56 Å². The highest BCUT2D eigenvalue weighted by molar-refractivity contribution is 5.93. The van der Waals surface area contributed by atoms with Gasteiger partial charge in [-0.05, 0) is 17.7 Å². The molecule has 2 aromatic rings. The molecule has 21 heavy (non-hydrogen) atoms. The molecule has 7 nitrogen and oxygen atoms in total. The van der Waals surface area contributed by atoms with Crippen molar-refractivity contribution in [1.82, 2.24) is 20.5 Å². The van der Waals surface area contributed by atoms with Crippen molar-refractivity contribution >= 4 is 11.8 Å². The molecule has 0 radical (unpaired) electrons. The summed E-state index contributed by atoms with van der Waals surface area (Å²) < 4.78 is 0. The fourth-order valence-corrected chi connectivity index (χ4v) is 1.73. The van der Waals surface area contributed by atoms with Gasteiger partial charge in [0, 0.05) is 18.0 Å². The van der Waals surface area contributed by atoms with Gasteiger partial charge in [-0.25, -0.2) is 4.98 Å². The number of primary amides is 1. The molecule has 1 heterocycles. The van der Waals surface area contributed by atoms with E-state index in [4.69, 9.17) is 5.73 Å². The molecule has 0 saturated heterocycles. The van der Waals surface area contributed by atoms with Crippen molar-refractivity contribution in [1.29, 1.82) is 0 Å². The van der Waals surface area contributed by atoms with Crippen LogP contribution in [0.1, 0.15) is 52.1 Å². The number of aromatic nitrogens is 3. The number of nitrogens with two attached hydrogens (primary N) is 1. The number of benzene rings is 1. The number of amides is 2. The summed E-state index contributed by atoms with van der Waals surface area (Å²) in [5.41, 5.74) is 6.39. The van der Waals surface area contributed by atoms with Crippen LogP contribution in [-0.2, 0) is 6.54 Å². The first-order valence-electron chi connectivity index (χ1n) is 6.56. The van der Waals surface area contributed by atoms with Crippen LogP contribution >= 0.6 is 0 Å². The zero-order chi connectivity index (χ0) is 15.4. The van der Waals surface area contributed by atoms with Gasteiger partial charge in [0.1, 0.15) is 5.82 Å². The lowest BCUT2D eigenvalue weighted by Crippen LogP contribution is -2.24. The van der Waals surface area contributed by atoms with Crippen LogP contribution in [0.25, 0.3) is 0 Å². The second-order valence-electron chi connectivity index (χ2n) is 4.95. The van der Waals surface area contributed by atoms with Crippen molar-refractivity contribution in [3.63, 3.8) is 0 Å². The Morgan fingerprint density at radius 2 is 2.14 bits per heavy atom. The van der Waals surface area contributed by atoms with Crippen molar-refractivity contribution in [2.45, 2.75) is 26.3 Å². The quantitative estimate of drug-likeness (QED) is 0.759. The van der Waals surface area contributed by atoms with Crippen molar-refractivity contribution in [3.8, 4) is 0 Å². The number of carbonyl (C=O) groups excluding carboxylic acids is 2. The number of hydrogen-bond acceptors (Lipinski definition) is 4. The van der Waals surface area contributed by atoms with Gasteiger partial charge in [0.25, 0.3) is 5.91 Å². The van der Waals surface area contributed by atoms with Gasteiger partial charge < -0.3 is 11.1 Å². The Hall–Kier alpha value is -2.70. The Bertz CT molecular complexity index is 663. The van der Waals surface area contributed by atoms with Crippen LogP contribution in [0, 0.1) is 0 Å². The molecule has 0 saturated carbocycles. The van der Waals surface area contributed by atoms with E-state index in [1.54, 1.807) is 24.3 Å². The fourth-order valence-electron chi connectivity index (χ4n) is 1.73. The lowest BCUT2D eigenvalue weighted by Gasteiger charge is -2.04. The molecule has 1 aromatic carbocycles. The van der Waals surface area contributed by atoms with Gasteiger partial charge in [0.05, 0.1) is 0 Å². The number of nitrogens with zero attached hydrogens (tertiary/aromatic N) is 2. The fraction of sp³-hybridized carbons (Fsp3) is 0.286. The molecule has 0 aliphatic carbocycles. The van der Waals surface area contributed by atoms with Crippen molar-refractivity contribution in [3.05, 3.63) is 47.0 Å². The summed E-state index contributed by atoms with van der Waals surface area (Å²) in [6.45, 7) is 4.18. The molecule has 2 amide bonds. The second kappa shape index (κ2) is 6.17. The molecule has 0 spiro atoms. The molecule has 0 atom stereocenters. The maximum atomic E-state index is 11.9. The molecule has 110 valence electrons. The van der Waals surface area contributed by atoms with Crippen LogP contribution in [0.2, 0.25) is 0 Å². The van der Waals surface area contributed by atoms with Gasteiger partial charge in [0.2, 0.25) is 11.7 Å². The SMILES string of the molecule is CC(C)c1nc(C(=O)NCc2cccc(C(N)=O)c2)n[nH]1. The van der Waals surface area contributed by atoms with Gasteiger partial charge in [-0.1, -0.05) is 26.0 Å². The Labute approximate surface area is 122 Å². The molecule has 0 aliphatic heterocycles. The molecule has 0 unspecified atom stereocenters. The maximum Gasteiger partial charge on any atom is 0.291 e. The molecular formula is C14H17N5O2. The predicted octanol–water partition coefficient (Wildman–Crippen LogP) is 0.957. The van der Waals surface area contributed by atoms with Crippen molar-refractivity contribution in [2.24, 2.45) is 5.73 Å². The van der Waals surface area contributed by atoms with Crippen LogP contribution in [0.5, 0.6) is 0 Å². The minimum Gasteiger partial charge on any atom is -0.366 e. The molecule has 7 heteroatoms. The first kappa shape index (κ1) is 14.7. The first-order valence-corrected chi connectivity index (χ1v) is 6.56. The summed E-state index contributed by atoms with van der Waals surface area (Å²) in [5.74, 6) is 0.0632. The number of aromatic amines is 1. The van der Waals surface area contributed by atoms with E-state index in [0.29, 0.717) is 11.4 Å². The number of H-pyrrole nitrogens is 1. The Balaban J connectivity index is 2.00. The molecule has 0 fully saturated rings. The minimum absolute atomic E-state index is 0.102. The molecule has 2 rings (SSSR count). The summed E-state index contributed by atoms with van der Waals surface area (Å²) in [6, 6.07) is 6.77. The third-order valence-corrected chi connectivity index (χ3v) is 2.92. The first-order chi connectivity index (χ1) is 9.97. The molecule has 4 N–H and O–H groups in total. The summed E-state index contributed by atoms with van der Waals surface area (Å²) >= 11 is 0. The highest BCUT2D eigenvalue weighted by atomic mass is 16.2. The lowest BCUT2D eigenvalue weighted by molar-refractivity contribution is 0.0940. The Morgan fingerprint density at radius 3 is 2.76 bits per heavy atom. The van der Waals surface area contributed by atoms with E-state index in [1.165, 1.54) is 0 Å². The standard InChI is InChI=1S/C14H17N5O2/c1-8(2)12-17-13(19-18-12)14(21)16-7-9-4-3-5-10(6-9)11(15)20/h3-6,8H,7H2,1-2H3,(H2,15,20)(H,16,21)(H,17,18,19). The third kappa shape index (κ3) is 3.65. The third-order valence-electron chi connectivity index (χ3n) is 2.92. The van der Waals surface area contributed by atoms with Gasteiger partial charge in [-0.15, -0.1) is 5.10 Å². The van der Waals surface area contributed by atoms with Crippen LogP contribution in [-0.4, -0.2) is 27.0 Å². The average molecular weight is 287 g/mol. The summed E-state index contributed by atoms with van der Waals surface area (Å²) in [7, 11) is 0. The number of nitrogens with one attached hydrogen (secondary N) is 2. The monoisotopic (exact) mass is 287 g/mol. The van der Waals surface area contributed by atoms with Crippen molar-refractivity contribution < 1.29 is 9.59 Å². The summed E-state index contributed by atoms with van der Waals surface area (Å²) in [4.78, 5) is 27.1. The summed E-state index contributed by atoms with van der Waals surface area (Å²) in [6.07, 6.45) is 0. The van der Waals surface area contributed by atoms with E-state index < -0.39 is 5.91 Å². The van der Waals surface area contributed by atoms with E-state index >= 15 is 0 Å². The van der Waals surface area contributed by atoms with Crippen molar-refractivity contribution in [2.75, 3.05) is 0 Å². The Kier molecular flexibility index (Phi) is 4.32. The van der Waals surface area contributed by atoms with Crippen LogP contribution in [0.4, 0.5) is 0 Å². The van der Waals surface area contributed by atoms with E-state index in [2.05, 4.69) is 20.5 Å².